The first-order valence-electron chi connectivity index (χ1n) is 5.31. The van der Waals surface area contributed by atoms with E-state index in [0.29, 0.717) is 25.2 Å². The van der Waals surface area contributed by atoms with Gasteiger partial charge in [-0.3, -0.25) is 4.99 Å². The predicted molar refractivity (Wildman–Crippen MR) is 60.5 cm³/mol. The molecule has 0 saturated carbocycles. The first-order chi connectivity index (χ1) is 6.66. The van der Waals surface area contributed by atoms with Gasteiger partial charge in [-0.15, -0.1) is 0 Å². The molecule has 0 aliphatic carbocycles. The Hall–Kier alpha value is -0.770. The molecule has 0 aliphatic rings. The molecule has 4 heteroatoms. The Kier molecular flexibility index (Phi) is 8.33. The second kappa shape index (κ2) is 8.81. The molecule has 0 atom stereocenters. The van der Waals surface area contributed by atoms with Crippen LogP contribution in [0.4, 0.5) is 0 Å². The minimum atomic E-state index is 0.333. The van der Waals surface area contributed by atoms with Crippen molar-refractivity contribution in [3.05, 3.63) is 0 Å². The van der Waals surface area contributed by atoms with Crippen LogP contribution in [0.25, 0.3) is 0 Å². The standard InChI is InChI=1S/C10H23N3O/c1-4-5-7-14-8-6-12-10(11)13-9(2)3/h9H,4-8H2,1-3H3,(H3,11,12,13). The van der Waals surface area contributed by atoms with E-state index in [2.05, 4.69) is 17.2 Å². The Morgan fingerprint density at radius 3 is 2.71 bits per heavy atom. The minimum Gasteiger partial charge on any atom is -0.380 e. The van der Waals surface area contributed by atoms with Crippen LogP contribution in [0.5, 0.6) is 0 Å². The zero-order chi connectivity index (χ0) is 10.8. The van der Waals surface area contributed by atoms with Crippen LogP contribution in [-0.4, -0.2) is 31.8 Å². The van der Waals surface area contributed by atoms with E-state index in [4.69, 9.17) is 10.5 Å². The van der Waals surface area contributed by atoms with Crippen LogP contribution >= 0.6 is 0 Å². The molecule has 0 rings (SSSR count). The lowest BCUT2D eigenvalue weighted by molar-refractivity contribution is 0.139. The summed E-state index contributed by atoms with van der Waals surface area (Å²) in [6, 6.07) is 0.333. The molecule has 0 saturated heterocycles. The van der Waals surface area contributed by atoms with Crippen LogP contribution in [0.2, 0.25) is 0 Å². The molecule has 0 aromatic heterocycles. The molecule has 3 N–H and O–H groups in total. The van der Waals surface area contributed by atoms with E-state index in [0.717, 1.165) is 13.0 Å². The van der Waals surface area contributed by atoms with Gasteiger partial charge in [-0.2, -0.15) is 0 Å². The summed E-state index contributed by atoms with van der Waals surface area (Å²) in [6.45, 7) is 8.31. The summed E-state index contributed by atoms with van der Waals surface area (Å²) in [5.41, 5.74) is 5.60. The van der Waals surface area contributed by atoms with Crippen LogP contribution < -0.4 is 11.1 Å². The highest BCUT2D eigenvalue weighted by atomic mass is 16.5. The maximum Gasteiger partial charge on any atom is 0.188 e. The minimum absolute atomic E-state index is 0.333. The van der Waals surface area contributed by atoms with E-state index in [1.807, 2.05) is 13.8 Å². The van der Waals surface area contributed by atoms with Crippen LogP contribution in [0.3, 0.4) is 0 Å². The fourth-order valence-electron chi connectivity index (χ4n) is 0.921. The molecule has 0 unspecified atom stereocenters. The van der Waals surface area contributed by atoms with Gasteiger partial charge in [0.15, 0.2) is 5.96 Å². The second-order valence-electron chi connectivity index (χ2n) is 3.53. The second-order valence-corrected chi connectivity index (χ2v) is 3.53. The number of hydrogen-bond acceptors (Lipinski definition) is 2. The molecule has 0 bridgehead atoms. The number of nitrogens with two attached hydrogens (primary N) is 1. The number of nitrogens with zero attached hydrogens (tertiary/aromatic N) is 1. The monoisotopic (exact) mass is 201 g/mol. The SMILES string of the molecule is CCCCOCCN=C(N)NC(C)C. The van der Waals surface area contributed by atoms with E-state index in [1.54, 1.807) is 0 Å². The van der Waals surface area contributed by atoms with Crippen molar-refractivity contribution in [1.29, 1.82) is 0 Å². The third-order valence-corrected chi connectivity index (χ3v) is 1.60. The molecule has 4 nitrogen and oxygen atoms in total. The Bertz CT molecular complexity index is 157. The fourth-order valence-corrected chi connectivity index (χ4v) is 0.921. The van der Waals surface area contributed by atoms with Crippen molar-refractivity contribution in [3.8, 4) is 0 Å². The van der Waals surface area contributed by atoms with Crippen molar-refractivity contribution < 1.29 is 4.74 Å². The molecule has 0 radical (unpaired) electrons. The van der Waals surface area contributed by atoms with Gasteiger partial charge in [-0.05, 0) is 20.3 Å². The molecule has 0 spiro atoms. The molecule has 0 aliphatic heterocycles. The largest absolute Gasteiger partial charge is 0.380 e. The molecule has 0 heterocycles. The van der Waals surface area contributed by atoms with E-state index in [9.17, 15) is 0 Å². The Morgan fingerprint density at radius 2 is 2.14 bits per heavy atom. The van der Waals surface area contributed by atoms with Gasteiger partial charge in [-0.1, -0.05) is 13.3 Å². The van der Waals surface area contributed by atoms with E-state index < -0.39 is 0 Å². The highest BCUT2D eigenvalue weighted by Gasteiger charge is 1.93. The molecule has 84 valence electrons. The average molecular weight is 201 g/mol. The van der Waals surface area contributed by atoms with Crippen LogP contribution in [-0.2, 0) is 4.74 Å². The molecule has 0 amide bonds. The number of ether oxygens (including phenoxy) is 1. The average Bonchev–Trinajstić information content (AvgIpc) is 2.10. The van der Waals surface area contributed by atoms with Crippen molar-refractivity contribution in [2.75, 3.05) is 19.8 Å². The summed E-state index contributed by atoms with van der Waals surface area (Å²) in [6.07, 6.45) is 2.28. The van der Waals surface area contributed by atoms with E-state index >= 15 is 0 Å². The zero-order valence-electron chi connectivity index (χ0n) is 9.55. The zero-order valence-corrected chi connectivity index (χ0v) is 9.55. The first-order valence-corrected chi connectivity index (χ1v) is 5.31. The van der Waals surface area contributed by atoms with Crippen molar-refractivity contribution in [1.82, 2.24) is 5.32 Å². The maximum absolute atomic E-state index is 5.60. The first kappa shape index (κ1) is 13.2. The van der Waals surface area contributed by atoms with Gasteiger partial charge in [0.25, 0.3) is 0 Å². The highest BCUT2D eigenvalue weighted by molar-refractivity contribution is 5.77. The summed E-state index contributed by atoms with van der Waals surface area (Å²) < 4.78 is 5.34. The maximum atomic E-state index is 5.60. The summed E-state index contributed by atoms with van der Waals surface area (Å²) >= 11 is 0. The number of aliphatic imine (C=N–C) groups is 1. The van der Waals surface area contributed by atoms with Crippen molar-refractivity contribution >= 4 is 5.96 Å². The van der Waals surface area contributed by atoms with Crippen molar-refractivity contribution in [3.63, 3.8) is 0 Å². The van der Waals surface area contributed by atoms with Crippen LogP contribution in [0.1, 0.15) is 33.6 Å². The summed E-state index contributed by atoms with van der Waals surface area (Å²) in [5, 5.41) is 3.02. The van der Waals surface area contributed by atoms with Gasteiger partial charge in [0.1, 0.15) is 0 Å². The van der Waals surface area contributed by atoms with Crippen LogP contribution in [0, 0.1) is 0 Å². The Morgan fingerprint density at radius 1 is 1.43 bits per heavy atom. The number of unbranched alkanes of at least 4 members (excludes halogenated alkanes) is 1. The molecule has 14 heavy (non-hydrogen) atoms. The van der Waals surface area contributed by atoms with Crippen LogP contribution in [0.15, 0.2) is 4.99 Å². The number of guanidine groups is 1. The fraction of sp³-hybridized carbons (Fsp3) is 0.900. The van der Waals surface area contributed by atoms with Gasteiger partial charge < -0.3 is 15.8 Å². The van der Waals surface area contributed by atoms with Gasteiger partial charge in [-0.25, -0.2) is 0 Å². The third-order valence-electron chi connectivity index (χ3n) is 1.60. The van der Waals surface area contributed by atoms with Crippen molar-refractivity contribution in [2.45, 2.75) is 39.7 Å². The summed E-state index contributed by atoms with van der Waals surface area (Å²) in [7, 11) is 0. The molecular weight excluding hydrogens is 178 g/mol. The predicted octanol–water partition coefficient (Wildman–Crippen LogP) is 1.12. The van der Waals surface area contributed by atoms with E-state index in [-0.39, 0.29) is 0 Å². The normalized spacial score (nSPS) is 12.1. The van der Waals surface area contributed by atoms with Gasteiger partial charge in [0.2, 0.25) is 0 Å². The van der Waals surface area contributed by atoms with Gasteiger partial charge >= 0.3 is 0 Å². The Labute approximate surface area is 86.9 Å². The number of hydrogen-bond donors (Lipinski definition) is 2. The van der Waals surface area contributed by atoms with Gasteiger partial charge in [0.05, 0.1) is 13.2 Å². The number of nitrogens with one attached hydrogen (secondary N) is 1. The number of rotatable bonds is 7. The quantitative estimate of drug-likeness (QED) is 0.368. The smallest absolute Gasteiger partial charge is 0.188 e. The molecular formula is C10H23N3O. The Balaban J connectivity index is 3.32. The topological polar surface area (TPSA) is 59.6 Å². The summed E-state index contributed by atoms with van der Waals surface area (Å²) in [4.78, 5) is 4.12. The highest BCUT2D eigenvalue weighted by Crippen LogP contribution is 1.87. The van der Waals surface area contributed by atoms with E-state index in [1.165, 1.54) is 6.42 Å². The van der Waals surface area contributed by atoms with Crippen molar-refractivity contribution in [2.24, 2.45) is 10.7 Å². The third kappa shape index (κ3) is 9.32. The molecule has 0 aromatic carbocycles. The summed E-state index contributed by atoms with van der Waals surface area (Å²) in [5.74, 6) is 0.499. The lowest BCUT2D eigenvalue weighted by atomic mass is 10.4. The lowest BCUT2D eigenvalue weighted by Crippen LogP contribution is -2.37. The van der Waals surface area contributed by atoms with Gasteiger partial charge in [0, 0.05) is 12.6 Å². The lowest BCUT2D eigenvalue weighted by Gasteiger charge is -2.08. The molecule has 0 aromatic rings. The molecule has 0 fully saturated rings.